The summed E-state index contributed by atoms with van der Waals surface area (Å²) < 4.78 is 6.53. The molecule has 18 heavy (non-hydrogen) atoms. The van der Waals surface area contributed by atoms with Crippen molar-refractivity contribution < 1.29 is 19.4 Å². The van der Waals surface area contributed by atoms with Crippen molar-refractivity contribution in [3.05, 3.63) is 17.5 Å². The van der Waals surface area contributed by atoms with E-state index in [0.717, 1.165) is 0 Å². The highest BCUT2D eigenvalue weighted by atomic mass is 16.5. The molecule has 1 saturated heterocycles. The predicted molar refractivity (Wildman–Crippen MR) is 61.3 cm³/mol. The Bertz CT molecular complexity index is 463. The fraction of sp³-hybridized carbons (Fsp3) is 0.545. The number of carbonyl (C=O) groups excluding carboxylic acids is 1. The van der Waals surface area contributed by atoms with Crippen molar-refractivity contribution in [1.82, 2.24) is 14.7 Å². The van der Waals surface area contributed by atoms with E-state index in [2.05, 4.69) is 5.10 Å². The van der Waals surface area contributed by atoms with Gasteiger partial charge in [-0.05, 0) is 6.92 Å². The van der Waals surface area contributed by atoms with Gasteiger partial charge in [0.1, 0.15) is 12.1 Å². The van der Waals surface area contributed by atoms with Gasteiger partial charge < -0.3 is 14.7 Å². The molecule has 0 unspecified atom stereocenters. The molecular weight excluding hydrogens is 238 g/mol. The molecule has 0 bridgehead atoms. The highest BCUT2D eigenvalue weighted by Gasteiger charge is 2.19. The summed E-state index contributed by atoms with van der Waals surface area (Å²) in [6.45, 7) is 3.91. The Labute approximate surface area is 104 Å². The van der Waals surface area contributed by atoms with Crippen molar-refractivity contribution in [2.45, 2.75) is 13.5 Å². The molecule has 2 heterocycles. The Hall–Kier alpha value is -1.89. The summed E-state index contributed by atoms with van der Waals surface area (Å²) in [4.78, 5) is 24.5. The Morgan fingerprint density at radius 1 is 1.44 bits per heavy atom. The minimum absolute atomic E-state index is 0.0636. The summed E-state index contributed by atoms with van der Waals surface area (Å²) >= 11 is 0. The van der Waals surface area contributed by atoms with Crippen molar-refractivity contribution in [2.75, 3.05) is 26.3 Å². The van der Waals surface area contributed by atoms with Crippen LogP contribution in [0.15, 0.2) is 6.20 Å². The normalized spacial score (nSPS) is 15.7. The van der Waals surface area contributed by atoms with E-state index in [9.17, 15) is 9.59 Å². The second kappa shape index (κ2) is 5.18. The minimum Gasteiger partial charge on any atom is -0.478 e. The highest BCUT2D eigenvalue weighted by Crippen LogP contribution is 2.06. The van der Waals surface area contributed by atoms with Crippen LogP contribution in [-0.4, -0.2) is 58.0 Å². The van der Waals surface area contributed by atoms with Crippen molar-refractivity contribution in [3.63, 3.8) is 0 Å². The summed E-state index contributed by atoms with van der Waals surface area (Å²) in [5.41, 5.74) is 0.544. The zero-order valence-electron chi connectivity index (χ0n) is 10.1. The average molecular weight is 253 g/mol. The lowest BCUT2D eigenvalue weighted by Gasteiger charge is -2.26. The molecule has 1 aromatic rings. The molecule has 2 rings (SSSR count). The first-order valence-corrected chi connectivity index (χ1v) is 5.71. The summed E-state index contributed by atoms with van der Waals surface area (Å²) in [6, 6.07) is 0. The number of nitrogens with zero attached hydrogens (tertiary/aromatic N) is 3. The molecule has 1 fully saturated rings. The van der Waals surface area contributed by atoms with Gasteiger partial charge in [0.05, 0.1) is 18.9 Å². The number of aromatic nitrogens is 2. The van der Waals surface area contributed by atoms with Crippen LogP contribution in [0.5, 0.6) is 0 Å². The first kappa shape index (κ1) is 12.6. The van der Waals surface area contributed by atoms with Gasteiger partial charge in [-0.25, -0.2) is 4.79 Å². The molecule has 1 N–H and O–H groups in total. The Morgan fingerprint density at radius 3 is 2.67 bits per heavy atom. The molecule has 0 aromatic carbocycles. The van der Waals surface area contributed by atoms with Crippen LogP contribution in [0.3, 0.4) is 0 Å². The van der Waals surface area contributed by atoms with Gasteiger partial charge in [-0.2, -0.15) is 5.10 Å². The Balaban J connectivity index is 2.02. The van der Waals surface area contributed by atoms with Crippen LogP contribution >= 0.6 is 0 Å². The van der Waals surface area contributed by atoms with Crippen LogP contribution in [0, 0.1) is 6.92 Å². The number of carboxylic acids is 1. The fourth-order valence-corrected chi connectivity index (χ4v) is 1.86. The summed E-state index contributed by atoms with van der Waals surface area (Å²) in [5, 5.41) is 12.9. The Kier molecular flexibility index (Phi) is 3.61. The average Bonchev–Trinajstić information content (AvgIpc) is 2.71. The smallest absolute Gasteiger partial charge is 0.339 e. The topological polar surface area (TPSA) is 84.7 Å². The molecule has 7 heteroatoms. The standard InChI is InChI=1S/C11H15N3O4/c1-8-9(11(16)17)6-14(12-8)7-10(15)13-2-4-18-5-3-13/h6H,2-5,7H2,1H3,(H,16,17). The first-order valence-electron chi connectivity index (χ1n) is 5.71. The van der Waals surface area contributed by atoms with Gasteiger partial charge in [0.2, 0.25) is 5.91 Å². The zero-order valence-corrected chi connectivity index (χ0v) is 10.1. The van der Waals surface area contributed by atoms with E-state index in [1.807, 2.05) is 0 Å². The molecule has 98 valence electrons. The summed E-state index contributed by atoms with van der Waals surface area (Å²) in [6.07, 6.45) is 1.38. The van der Waals surface area contributed by atoms with E-state index in [1.54, 1.807) is 11.8 Å². The van der Waals surface area contributed by atoms with Crippen LogP contribution in [0.2, 0.25) is 0 Å². The molecule has 0 radical (unpaired) electrons. The van der Waals surface area contributed by atoms with Crippen molar-refractivity contribution in [2.24, 2.45) is 0 Å². The molecule has 1 aliphatic heterocycles. The maximum atomic E-state index is 11.9. The van der Waals surface area contributed by atoms with Crippen LogP contribution in [0.25, 0.3) is 0 Å². The number of ether oxygens (including phenoxy) is 1. The van der Waals surface area contributed by atoms with Gasteiger partial charge in [-0.15, -0.1) is 0 Å². The van der Waals surface area contributed by atoms with Crippen LogP contribution in [-0.2, 0) is 16.1 Å². The van der Waals surface area contributed by atoms with Gasteiger partial charge in [0.15, 0.2) is 0 Å². The number of aryl methyl sites for hydroxylation is 1. The number of rotatable bonds is 3. The van der Waals surface area contributed by atoms with Crippen LogP contribution in [0.1, 0.15) is 16.1 Å². The predicted octanol–water partition coefficient (Wildman–Crippen LogP) is -0.251. The second-order valence-electron chi connectivity index (χ2n) is 4.12. The number of hydrogen-bond acceptors (Lipinski definition) is 4. The number of carboxylic acid groups (broad SMARTS) is 1. The monoisotopic (exact) mass is 253 g/mol. The van der Waals surface area contributed by atoms with Crippen molar-refractivity contribution >= 4 is 11.9 Å². The molecule has 1 amide bonds. The van der Waals surface area contributed by atoms with E-state index in [4.69, 9.17) is 9.84 Å². The van der Waals surface area contributed by atoms with Crippen molar-refractivity contribution in [1.29, 1.82) is 0 Å². The lowest BCUT2D eigenvalue weighted by atomic mass is 10.3. The molecule has 7 nitrogen and oxygen atoms in total. The molecular formula is C11H15N3O4. The summed E-state index contributed by atoms with van der Waals surface area (Å²) in [7, 11) is 0. The number of aromatic carboxylic acids is 1. The van der Waals surface area contributed by atoms with Gasteiger partial charge in [0, 0.05) is 19.3 Å². The maximum absolute atomic E-state index is 11.9. The third-order valence-electron chi connectivity index (χ3n) is 2.84. The van der Waals surface area contributed by atoms with Crippen molar-refractivity contribution in [3.8, 4) is 0 Å². The van der Waals surface area contributed by atoms with E-state index >= 15 is 0 Å². The van der Waals surface area contributed by atoms with E-state index in [-0.39, 0.29) is 18.0 Å². The van der Waals surface area contributed by atoms with Crippen LogP contribution < -0.4 is 0 Å². The first-order chi connectivity index (χ1) is 8.58. The highest BCUT2D eigenvalue weighted by molar-refractivity contribution is 5.88. The lowest BCUT2D eigenvalue weighted by molar-refractivity contribution is -0.136. The quantitative estimate of drug-likeness (QED) is 0.802. The molecule has 0 spiro atoms. The molecule has 1 aromatic heterocycles. The number of hydrogen-bond donors (Lipinski definition) is 1. The molecule has 1 aliphatic rings. The SMILES string of the molecule is Cc1nn(CC(=O)N2CCOCC2)cc1C(=O)O. The van der Waals surface area contributed by atoms with E-state index in [1.165, 1.54) is 10.9 Å². The zero-order chi connectivity index (χ0) is 13.1. The largest absolute Gasteiger partial charge is 0.478 e. The number of morpholine rings is 1. The summed E-state index contributed by atoms with van der Waals surface area (Å²) in [5.74, 6) is -1.10. The van der Waals surface area contributed by atoms with E-state index in [0.29, 0.717) is 32.0 Å². The molecule has 0 saturated carbocycles. The minimum atomic E-state index is -1.03. The molecule has 0 aliphatic carbocycles. The maximum Gasteiger partial charge on any atom is 0.339 e. The number of amides is 1. The third-order valence-corrected chi connectivity index (χ3v) is 2.84. The second-order valence-corrected chi connectivity index (χ2v) is 4.12. The molecule has 0 atom stereocenters. The number of carbonyl (C=O) groups is 2. The van der Waals surface area contributed by atoms with Crippen LogP contribution in [0.4, 0.5) is 0 Å². The lowest BCUT2D eigenvalue weighted by Crippen LogP contribution is -2.42. The van der Waals surface area contributed by atoms with Gasteiger partial charge >= 0.3 is 5.97 Å². The van der Waals surface area contributed by atoms with Gasteiger partial charge in [-0.1, -0.05) is 0 Å². The third kappa shape index (κ3) is 2.67. The fourth-order valence-electron chi connectivity index (χ4n) is 1.86. The van der Waals surface area contributed by atoms with Gasteiger partial charge in [-0.3, -0.25) is 9.48 Å². The van der Waals surface area contributed by atoms with E-state index < -0.39 is 5.97 Å². The Morgan fingerprint density at radius 2 is 2.11 bits per heavy atom. The van der Waals surface area contributed by atoms with Gasteiger partial charge in [0.25, 0.3) is 0 Å².